The first-order valence-electron chi connectivity index (χ1n) is 5.05. The zero-order valence-corrected chi connectivity index (χ0v) is 9.53. The van der Waals surface area contributed by atoms with Gasteiger partial charge in [0.1, 0.15) is 0 Å². The van der Waals surface area contributed by atoms with Crippen molar-refractivity contribution in [1.29, 1.82) is 0 Å². The predicted molar refractivity (Wildman–Crippen MR) is 58.8 cm³/mol. The molecule has 1 unspecified atom stereocenters. The molecule has 0 fully saturated rings. The molecule has 1 amide bonds. The molecule has 1 atom stereocenters. The molecule has 0 rings (SSSR count). The molecule has 0 saturated heterocycles. The first-order valence-corrected chi connectivity index (χ1v) is 5.05. The van der Waals surface area contributed by atoms with Gasteiger partial charge in [-0.15, -0.1) is 0 Å². The first kappa shape index (κ1) is 13.7. The third-order valence-electron chi connectivity index (χ3n) is 2.16. The fourth-order valence-corrected chi connectivity index (χ4v) is 1.19. The summed E-state index contributed by atoms with van der Waals surface area (Å²) in [5.74, 6) is 0.0833. The Kier molecular flexibility index (Phi) is 6.44. The van der Waals surface area contributed by atoms with Crippen LogP contribution in [0.25, 0.3) is 0 Å². The van der Waals surface area contributed by atoms with Crippen LogP contribution in [0.5, 0.6) is 0 Å². The minimum Gasteiger partial charge on any atom is -0.409 e. The average molecular weight is 216 g/mol. The Morgan fingerprint density at radius 2 is 2.07 bits per heavy atom. The molecule has 0 saturated carbocycles. The van der Waals surface area contributed by atoms with Crippen LogP contribution < -0.4 is 11.1 Å². The van der Waals surface area contributed by atoms with E-state index in [0.717, 1.165) is 0 Å². The smallest absolute Gasteiger partial charge is 0.239 e. The Balaban J connectivity index is 4.09. The third-order valence-corrected chi connectivity index (χ3v) is 2.16. The van der Waals surface area contributed by atoms with Crippen molar-refractivity contribution < 1.29 is 10.0 Å². The summed E-state index contributed by atoms with van der Waals surface area (Å²) in [7, 11) is 0. The van der Waals surface area contributed by atoms with Crippen LogP contribution in [0.4, 0.5) is 0 Å². The van der Waals surface area contributed by atoms with Gasteiger partial charge in [0, 0.05) is 13.1 Å². The average Bonchev–Trinajstić information content (AvgIpc) is 2.26. The van der Waals surface area contributed by atoms with E-state index in [1.165, 1.54) is 0 Å². The molecule has 0 aromatic heterocycles. The topological polar surface area (TPSA) is 91.0 Å². The molecule has 88 valence electrons. The Morgan fingerprint density at radius 1 is 1.53 bits per heavy atom. The number of carbonyl (C=O) groups is 1. The Bertz CT molecular complexity index is 226. The molecule has 15 heavy (non-hydrogen) atoms. The van der Waals surface area contributed by atoms with Gasteiger partial charge in [-0.1, -0.05) is 5.16 Å². The van der Waals surface area contributed by atoms with Gasteiger partial charge in [-0.25, -0.2) is 0 Å². The van der Waals surface area contributed by atoms with Crippen LogP contribution in [-0.2, 0) is 4.79 Å². The molecule has 0 aliphatic rings. The lowest BCUT2D eigenvalue weighted by Crippen LogP contribution is -2.47. The van der Waals surface area contributed by atoms with Gasteiger partial charge in [0.15, 0.2) is 5.84 Å². The Hall–Kier alpha value is -1.30. The van der Waals surface area contributed by atoms with Crippen molar-refractivity contribution in [2.75, 3.05) is 19.6 Å². The fraction of sp³-hybridized carbons (Fsp3) is 0.778. The van der Waals surface area contributed by atoms with Gasteiger partial charge in [-0.2, -0.15) is 0 Å². The van der Waals surface area contributed by atoms with E-state index in [4.69, 9.17) is 10.9 Å². The summed E-state index contributed by atoms with van der Waals surface area (Å²) in [5.41, 5.74) is 5.28. The van der Waals surface area contributed by atoms with Crippen LogP contribution in [0.1, 0.15) is 20.8 Å². The largest absolute Gasteiger partial charge is 0.409 e. The van der Waals surface area contributed by atoms with Crippen molar-refractivity contribution in [3.05, 3.63) is 0 Å². The van der Waals surface area contributed by atoms with Gasteiger partial charge in [-0.05, 0) is 20.8 Å². The molecule has 0 radical (unpaired) electrons. The van der Waals surface area contributed by atoms with Crippen LogP contribution >= 0.6 is 0 Å². The summed E-state index contributed by atoms with van der Waals surface area (Å²) < 4.78 is 0. The van der Waals surface area contributed by atoms with E-state index in [9.17, 15) is 4.79 Å². The number of carbonyl (C=O) groups excluding carboxylic acids is 1. The maximum Gasteiger partial charge on any atom is 0.239 e. The van der Waals surface area contributed by atoms with Crippen LogP contribution in [0.3, 0.4) is 0 Å². The molecular weight excluding hydrogens is 196 g/mol. The Morgan fingerprint density at radius 3 is 2.47 bits per heavy atom. The summed E-state index contributed by atoms with van der Waals surface area (Å²) in [4.78, 5) is 13.5. The monoisotopic (exact) mass is 216 g/mol. The number of rotatable bonds is 6. The number of likely N-dealkylation sites (N-methyl/N-ethyl adjacent to an activating group) is 1. The number of amides is 1. The maximum absolute atomic E-state index is 11.7. The summed E-state index contributed by atoms with van der Waals surface area (Å²) in [5, 5.41) is 14.0. The molecule has 0 aliphatic heterocycles. The number of hydrogen-bond donors (Lipinski definition) is 3. The highest BCUT2D eigenvalue weighted by Gasteiger charge is 2.17. The molecule has 0 aliphatic carbocycles. The zero-order valence-electron chi connectivity index (χ0n) is 9.53. The summed E-state index contributed by atoms with van der Waals surface area (Å²) in [6, 6.07) is -0.329. The minimum atomic E-state index is -0.329. The van der Waals surface area contributed by atoms with Gasteiger partial charge < -0.3 is 15.8 Å². The second-order valence-electron chi connectivity index (χ2n) is 3.20. The second kappa shape index (κ2) is 7.05. The highest BCUT2D eigenvalue weighted by atomic mass is 16.4. The summed E-state index contributed by atoms with van der Waals surface area (Å²) in [6.45, 7) is 7.18. The van der Waals surface area contributed by atoms with E-state index >= 15 is 0 Å². The number of nitrogens with zero attached hydrogens (tertiary/aromatic N) is 2. The zero-order chi connectivity index (χ0) is 11.8. The van der Waals surface area contributed by atoms with Crippen LogP contribution in [0.2, 0.25) is 0 Å². The molecule has 0 aromatic carbocycles. The molecule has 0 spiro atoms. The van der Waals surface area contributed by atoms with Gasteiger partial charge in [0.25, 0.3) is 0 Å². The number of nitrogens with one attached hydrogen (secondary N) is 1. The first-order chi connectivity index (χ1) is 7.06. The lowest BCUT2D eigenvalue weighted by molar-refractivity contribution is -0.132. The van der Waals surface area contributed by atoms with Crippen molar-refractivity contribution in [2.45, 2.75) is 26.8 Å². The lowest BCUT2D eigenvalue weighted by Gasteiger charge is -2.23. The molecule has 0 aromatic rings. The van der Waals surface area contributed by atoms with Gasteiger partial charge in [0.05, 0.1) is 12.6 Å². The summed E-state index contributed by atoms with van der Waals surface area (Å²) >= 11 is 0. The number of hydrogen-bond acceptors (Lipinski definition) is 4. The SMILES string of the molecule is CCN(CC)C(=O)C(C)NCC(N)=NO. The van der Waals surface area contributed by atoms with E-state index in [-0.39, 0.29) is 24.3 Å². The fourth-order valence-electron chi connectivity index (χ4n) is 1.19. The van der Waals surface area contributed by atoms with E-state index in [1.54, 1.807) is 11.8 Å². The van der Waals surface area contributed by atoms with Crippen LogP contribution in [-0.4, -0.2) is 47.5 Å². The third kappa shape index (κ3) is 4.64. The normalized spacial score (nSPS) is 13.7. The molecule has 0 heterocycles. The van der Waals surface area contributed by atoms with Crippen molar-refractivity contribution in [1.82, 2.24) is 10.2 Å². The lowest BCUT2D eigenvalue weighted by atomic mass is 10.2. The van der Waals surface area contributed by atoms with Crippen molar-refractivity contribution in [3.63, 3.8) is 0 Å². The van der Waals surface area contributed by atoms with Gasteiger partial charge in [-0.3, -0.25) is 10.1 Å². The van der Waals surface area contributed by atoms with E-state index < -0.39 is 0 Å². The molecule has 6 nitrogen and oxygen atoms in total. The Labute approximate surface area is 90.1 Å². The maximum atomic E-state index is 11.7. The van der Waals surface area contributed by atoms with E-state index in [0.29, 0.717) is 13.1 Å². The van der Waals surface area contributed by atoms with Crippen molar-refractivity contribution in [3.8, 4) is 0 Å². The second-order valence-corrected chi connectivity index (χ2v) is 3.20. The quantitative estimate of drug-likeness (QED) is 0.243. The standard InChI is InChI=1S/C9H20N4O2/c1-4-13(5-2)9(14)7(3)11-6-8(10)12-15/h7,11,15H,4-6H2,1-3H3,(H2,10,12). The molecular formula is C9H20N4O2. The van der Waals surface area contributed by atoms with Crippen molar-refractivity contribution in [2.24, 2.45) is 10.9 Å². The number of oxime groups is 1. The van der Waals surface area contributed by atoms with Gasteiger partial charge >= 0.3 is 0 Å². The molecule has 6 heteroatoms. The van der Waals surface area contributed by atoms with Crippen LogP contribution in [0.15, 0.2) is 5.16 Å². The van der Waals surface area contributed by atoms with Gasteiger partial charge in [0.2, 0.25) is 5.91 Å². The highest BCUT2D eigenvalue weighted by molar-refractivity contribution is 5.84. The molecule has 4 N–H and O–H groups in total. The van der Waals surface area contributed by atoms with Crippen molar-refractivity contribution >= 4 is 11.7 Å². The van der Waals surface area contributed by atoms with Crippen LogP contribution in [0, 0.1) is 0 Å². The molecule has 0 bridgehead atoms. The van der Waals surface area contributed by atoms with E-state index in [1.807, 2.05) is 13.8 Å². The summed E-state index contributed by atoms with van der Waals surface area (Å²) in [6.07, 6.45) is 0. The number of nitrogens with two attached hydrogens (primary N) is 1. The highest BCUT2D eigenvalue weighted by Crippen LogP contribution is 1.94. The predicted octanol–water partition coefficient (Wildman–Crippen LogP) is -0.421. The number of amidine groups is 1. The minimum absolute atomic E-state index is 0.0192. The van der Waals surface area contributed by atoms with E-state index in [2.05, 4.69) is 10.5 Å².